The zero-order valence-corrected chi connectivity index (χ0v) is 5.22. The predicted octanol–water partition coefficient (Wildman–Crippen LogP) is -0.399. The summed E-state index contributed by atoms with van der Waals surface area (Å²) >= 11 is -2.14. The number of amides is 1. The molecule has 0 aliphatic carbocycles. The highest BCUT2D eigenvalue weighted by molar-refractivity contribution is 7.77. The lowest BCUT2D eigenvalue weighted by Gasteiger charge is -2.05. The van der Waals surface area contributed by atoms with Gasteiger partial charge < -0.3 is 0 Å². The van der Waals surface area contributed by atoms with Gasteiger partial charge in [0.25, 0.3) is 11.3 Å². The Labute approximate surface area is 49.9 Å². The summed E-state index contributed by atoms with van der Waals surface area (Å²) in [6, 6.07) is 0. The lowest BCUT2D eigenvalue weighted by Crippen LogP contribution is -2.22. The van der Waals surface area contributed by atoms with Crippen LogP contribution in [-0.2, 0) is 16.1 Å². The van der Waals surface area contributed by atoms with Crippen molar-refractivity contribution >= 4 is 17.7 Å². The maximum atomic E-state index is 9.97. The van der Waals surface area contributed by atoms with E-state index in [1.165, 1.54) is 0 Å². The second kappa shape index (κ2) is 3.57. The molecule has 0 aromatic rings. The fraction of sp³-hybridized carbons (Fsp3) is 0.667. The van der Waals surface area contributed by atoms with Crippen molar-refractivity contribution in [3.63, 3.8) is 0 Å². The zero-order chi connectivity index (χ0) is 6.57. The average molecular weight is 137 g/mol. The van der Waals surface area contributed by atoms with Crippen molar-refractivity contribution in [1.29, 1.82) is 0 Å². The van der Waals surface area contributed by atoms with Gasteiger partial charge in [-0.3, -0.25) is 9.35 Å². The molecule has 0 spiro atoms. The Balaban J connectivity index is 3.69. The van der Waals surface area contributed by atoms with E-state index in [4.69, 9.17) is 4.55 Å². The Hall–Kier alpha value is -0.420. The second-order valence-corrected chi connectivity index (χ2v) is 2.00. The molecule has 0 fully saturated rings. The molecular formula is C3H7NO3S. The number of rotatable bonds is 3. The van der Waals surface area contributed by atoms with Crippen LogP contribution < -0.4 is 0 Å². The first-order valence-corrected chi connectivity index (χ1v) is 3.11. The largest absolute Gasteiger partial charge is 0.289 e. The second-order valence-electron chi connectivity index (χ2n) is 1.07. The van der Waals surface area contributed by atoms with Gasteiger partial charge >= 0.3 is 0 Å². The van der Waals surface area contributed by atoms with E-state index >= 15 is 0 Å². The van der Waals surface area contributed by atoms with E-state index in [9.17, 15) is 9.00 Å². The number of nitrogens with zero attached hydrogens (tertiary/aromatic N) is 1. The van der Waals surface area contributed by atoms with Gasteiger partial charge in [0.05, 0.1) is 0 Å². The van der Waals surface area contributed by atoms with Gasteiger partial charge in [-0.05, 0) is 6.92 Å². The minimum absolute atomic E-state index is 0.257. The fourth-order valence-corrected chi connectivity index (χ4v) is 0.516. The molecule has 4 nitrogen and oxygen atoms in total. The van der Waals surface area contributed by atoms with Crippen LogP contribution in [0, 0.1) is 0 Å². The summed E-state index contributed by atoms with van der Waals surface area (Å²) in [6.07, 6.45) is 0.329. The maximum Gasteiger partial charge on any atom is 0.263 e. The molecule has 0 rings (SSSR count). The minimum Gasteiger partial charge on any atom is -0.289 e. The summed E-state index contributed by atoms with van der Waals surface area (Å²) < 4.78 is 18.9. The summed E-state index contributed by atoms with van der Waals surface area (Å²) in [6.45, 7) is 1.87. The Morgan fingerprint density at radius 3 is 2.38 bits per heavy atom. The first-order valence-electron chi connectivity index (χ1n) is 2.05. The molecule has 1 amide bonds. The van der Waals surface area contributed by atoms with Gasteiger partial charge in [-0.15, -0.1) is 0 Å². The standard InChI is InChI=1S/C3H7NO3S/c1-2-4(3-5)8(6)7/h3H,2H2,1H3,(H,6,7). The van der Waals surface area contributed by atoms with Crippen molar-refractivity contribution in [2.75, 3.05) is 6.54 Å². The minimum atomic E-state index is -2.14. The van der Waals surface area contributed by atoms with Gasteiger partial charge in [0.2, 0.25) is 6.41 Å². The van der Waals surface area contributed by atoms with Crippen molar-refractivity contribution in [2.24, 2.45) is 0 Å². The van der Waals surface area contributed by atoms with Crippen molar-refractivity contribution in [1.82, 2.24) is 4.31 Å². The normalized spacial score (nSPS) is 12.8. The Kier molecular flexibility index (Phi) is 3.38. The fourth-order valence-electron chi connectivity index (χ4n) is 0.222. The highest BCUT2D eigenvalue weighted by Gasteiger charge is 2.01. The van der Waals surface area contributed by atoms with Crippen LogP contribution in [0.15, 0.2) is 0 Å². The molecule has 8 heavy (non-hydrogen) atoms. The van der Waals surface area contributed by atoms with E-state index in [1.54, 1.807) is 6.92 Å². The Morgan fingerprint density at radius 2 is 2.38 bits per heavy atom. The summed E-state index contributed by atoms with van der Waals surface area (Å²) in [5, 5.41) is 0. The van der Waals surface area contributed by atoms with Gasteiger partial charge in [0, 0.05) is 6.54 Å². The molecule has 0 radical (unpaired) electrons. The highest BCUT2D eigenvalue weighted by Crippen LogP contribution is 1.82. The maximum absolute atomic E-state index is 9.97. The summed E-state index contributed by atoms with van der Waals surface area (Å²) in [7, 11) is 0. The lowest BCUT2D eigenvalue weighted by atomic mass is 10.8. The third-order valence-corrected chi connectivity index (χ3v) is 1.38. The highest BCUT2D eigenvalue weighted by atomic mass is 32.2. The van der Waals surface area contributed by atoms with Crippen LogP contribution in [-0.4, -0.2) is 26.0 Å². The van der Waals surface area contributed by atoms with Gasteiger partial charge in [0.1, 0.15) is 0 Å². The first-order chi connectivity index (χ1) is 3.72. The Morgan fingerprint density at radius 1 is 1.88 bits per heavy atom. The van der Waals surface area contributed by atoms with Crippen LogP contribution in [0.5, 0.6) is 0 Å². The van der Waals surface area contributed by atoms with Gasteiger partial charge in [0.15, 0.2) is 0 Å². The van der Waals surface area contributed by atoms with E-state index in [2.05, 4.69) is 0 Å². The van der Waals surface area contributed by atoms with Crippen LogP contribution in [0.1, 0.15) is 6.92 Å². The van der Waals surface area contributed by atoms with E-state index in [-0.39, 0.29) is 6.54 Å². The molecule has 0 bridgehead atoms. The molecule has 0 saturated heterocycles. The first kappa shape index (κ1) is 7.58. The Bertz CT molecular complexity index is 105. The average Bonchev–Trinajstić information content (AvgIpc) is 1.69. The molecule has 0 aliphatic rings. The SMILES string of the molecule is CCN(C=O)S(=O)O. The number of carbonyl (C=O) groups excluding carboxylic acids is 1. The third-order valence-electron chi connectivity index (χ3n) is 0.630. The molecule has 1 atom stereocenters. The summed E-state index contributed by atoms with van der Waals surface area (Å²) in [5.74, 6) is 0. The lowest BCUT2D eigenvalue weighted by molar-refractivity contribution is -0.114. The summed E-state index contributed by atoms with van der Waals surface area (Å²) in [4.78, 5) is 9.75. The molecule has 0 aromatic carbocycles. The monoisotopic (exact) mass is 137 g/mol. The van der Waals surface area contributed by atoms with Gasteiger partial charge in [-0.2, -0.15) is 0 Å². The van der Waals surface area contributed by atoms with Crippen LogP contribution in [0.3, 0.4) is 0 Å². The summed E-state index contributed by atoms with van der Waals surface area (Å²) in [5.41, 5.74) is 0. The molecule has 0 saturated carbocycles. The quantitative estimate of drug-likeness (QED) is 0.425. The van der Waals surface area contributed by atoms with E-state index in [0.717, 1.165) is 4.31 Å². The van der Waals surface area contributed by atoms with Crippen molar-refractivity contribution in [2.45, 2.75) is 6.92 Å². The molecule has 48 valence electrons. The molecule has 1 unspecified atom stereocenters. The number of hydrogen-bond donors (Lipinski definition) is 1. The predicted molar refractivity (Wildman–Crippen MR) is 29.2 cm³/mol. The zero-order valence-electron chi connectivity index (χ0n) is 4.40. The van der Waals surface area contributed by atoms with Crippen LogP contribution >= 0.6 is 0 Å². The van der Waals surface area contributed by atoms with Crippen molar-refractivity contribution in [3.8, 4) is 0 Å². The van der Waals surface area contributed by atoms with Crippen LogP contribution in [0.2, 0.25) is 0 Å². The molecule has 1 N–H and O–H groups in total. The molecule has 0 aliphatic heterocycles. The van der Waals surface area contributed by atoms with E-state index < -0.39 is 11.3 Å². The van der Waals surface area contributed by atoms with Crippen molar-refractivity contribution in [3.05, 3.63) is 0 Å². The van der Waals surface area contributed by atoms with Gasteiger partial charge in [-0.25, -0.2) is 8.51 Å². The molecular weight excluding hydrogens is 130 g/mol. The van der Waals surface area contributed by atoms with Crippen LogP contribution in [0.4, 0.5) is 0 Å². The van der Waals surface area contributed by atoms with E-state index in [0.29, 0.717) is 6.41 Å². The van der Waals surface area contributed by atoms with E-state index in [1.807, 2.05) is 0 Å². The number of hydrogen-bond acceptors (Lipinski definition) is 2. The smallest absolute Gasteiger partial charge is 0.263 e. The van der Waals surface area contributed by atoms with Crippen molar-refractivity contribution < 1.29 is 13.6 Å². The van der Waals surface area contributed by atoms with Gasteiger partial charge in [-0.1, -0.05) is 0 Å². The number of carbonyl (C=O) groups is 1. The molecule has 0 heterocycles. The molecule has 0 aromatic heterocycles. The topological polar surface area (TPSA) is 57.6 Å². The third kappa shape index (κ3) is 2.04. The van der Waals surface area contributed by atoms with Crippen LogP contribution in [0.25, 0.3) is 0 Å². The molecule has 5 heteroatoms.